The second-order valence-corrected chi connectivity index (χ2v) is 9.96. The monoisotopic (exact) mass is 506 g/mol. The Balaban J connectivity index is 1.33. The van der Waals surface area contributed by atoms with Crippen molar-refractivity contribution in [2.75, 3.05) is 33.3 Å². The van der Waals surface area contributed by atoms with Crippen LogP contribution < -0.4 is 4.74 Å². The van der Waals surface area contributed by atoms with Crippen molar-refractivity contribution in [1.29, 1.82) is 0 Å². The van der Waals surface area contributed by atoms with E-state index in [-0.39, 0.29) is 5.91 Å². The molecule has 3 aromatic heterocycles. The van der Waals surface area contributed by atoms with Crippen LogP contribution >= 0.6 is 22.9 Å². The summed E-state index contributed by atoms with van der Waals surface area (Å²) in [6.07, 6.45) is 1.54. The smallest absolute Gasteiger partial charge is 0.289 e. The summed E-state index contributed by atoms with van der Waals surface area (Å²) in [5.41, 5.74) is 4.24. The molecular weight excluding hydrogens is 484 g/mol. The van der Waals surface area contributed by atoms with Gasteiger partial charge in [0.1, 0.15) is 5.75 Å². The van der Waals surface area contributed by atoms with Crippen LogP contribution in [0, 0.1) is 0 Å². The van der Waals surface area contributed by atoms with Crippen LogP contribution in [-0.2, 0) is 6.54 Å². The summed E-state index contributed by atoms with van der Waals surface area (Å²) < 4.78 is 14.0. The molecule has 1 aliphatic rings. The molecule has 7 nitrogen and oxygen atoms in total. The highest BCUT2D eigenvalue weighted by Gasteiger charge is 2.26. The van der Waals surface area contributed by atoms with Gasteiger partial charge in [-0.25, -0.2) is 4.98 Å². The summed E-state index contributed by atoms with van der Waals surface area (Å²) in [6.45, 7) is 3.57. The van der Waals surface area contributed by atoms with Crippen LogP contribution in [0.3, 0.4) is 0 Å². The van der Waals surface area contributed by atoms with Gasteiger partial charge in [0.15, 0.2) is 10.7 Å². The van der Waals surface area contributed by atoms with Crippen molar-refractivity contribution in [2.24, 2.45) is 0 Å². The van der Waals surface area contributed by atoms with Gasteiger partial charge < -0.3 is 14.1 Å². The second-order valence-electron chi connectivity index (χ2n) is 8.51. The quantitative estimate of drug-likeness (QED) is 0.318. The van der Waals surface area contributed by atoms with Crippen molar-refractivity contribution < 1.29 is 13.9 Å². The number of nitrogens with zero attached hydrogens (tertiary/aromatic N) is 4. The molecular formula is C26H23ClN4O3S. The van der Waals surface area contributed by atoms with Gasteiger partial charge in [-0.15, -0.1) is 0 Å². The van der Waals surface area contributed by atoms with Crippen LogP contribution in [0.1, 0.15) is 16.2 Å². The Kier molecular flexibility index (Phi) is 5.72. The fourth-order valence-electron chi connectivity index (χ4n) is 4.60. The standard InChI is InChI=1S/C26H23ClN4O3S/c1-33-19-7-4-17(5-8-19)24-21(31-20-9-6-18(27)15-23(20)35-26(31)28-24)16-29-10-12-30(13-11-29)25(32)22-3-2-14-34-22/h2-9,14-15H,10-13,16H2,1H3. The van der Waals surface area contributed by atoms with E-state index in [2.05, 4.69) is 15.4 Å². The topological polar surface area (TPSA) is 63.2 Å². The van der Waals surface area contributed by atoms with E-state index >= 15 is 0 Å². The van der Waals surface area contributed by atoms with Crippen LogP contribution in [0.5, 0.6) is 5.75 Å². The highest BCUT2D eigenvalue weighted by Crippen LogP contribution is 2.35. The molecule has 1 fully saturated rings. The molecule has 178 valence electrons. The van der Waals surface area contributed by atoms with Crippen LogP contribution in [0.15, 0.2) is 65.3 Å². The van der Waals surface area contributed by atoms with E-state index in [1.807, 2.05) is 41.3 Å². The Hall–Kier alpha value is -3.33. The number of carbonyl (C=O) groups excluding carboxylic acids is 1. The van der Waals surface area contributed by atoms with Crippen LogP contribution in [0.25, 0.3) is 26.4 Å². The van der Waals surface area contributed by atoms with Crippen molar-refractivity contribution in [2.45, 2.75) is 6.54 Å². The fourth-order valence-corrected chi connectivity index (χ4v) is 5.92. The normalized spacial score (nSPS) is 14.7. The maximum atomic E-state index is 12.7. The van der Waals surface area contributed by atoms with Gasteiger partial charge in [0.05, 0.1) is 35.0 Å². The summed E-state index contributed by atoms with van der Waals surface area (Å²) in [7, 11) is 1.67. The van der Waals surface area contributed by atoms with Gasteiger partial charge in [-0.05, 0) is 54.6 Å². The molecule has 0 unspecified atom stereocenters. The molecule has 1 aliphatic heterocycles. The highest BCUT2D eigenvalue weighted by atomic mass is 35.5. The number of amides is 1. The minimum atomic E-state index is -0.0546. The van der Waals surface area contributed by atoms with E-state index in [9.17, 15) is 4.79 Å². The third-order valence-corrected chi connectivity index (χ3v) is 7.67. The molecule has 0 radical (unpaired) electrons. The van der Waals surface area contributed by atoms with Gasteiger partial charge in [0.25, 0.3) is 5.91 Å². The Labute approximate surface area is 211 Å². The number of hydrogen-bond donors (Lipinski definition) is 0. The average Bonchev–Trinajstić information content (AvgIpc) is 3.61. The minimum absolute atomic E-state index is 0.0546. The zero-order valence-corrected chi connectivity index (χ0v) is 20.7. The number of benzene rings is 2. The van der Waals surface area contributed by atoms with E-state index in [0.717, 1.165) is 62.5 Å². The van der Waals surface area contributed by atoms with E-state index in [0.29, 0.717) is 18.8 Å². The Morgan fingerprint density at radius 3 is 2.63 bits per heavy atom. The number of halogens is 1. The number of rotatable bonds is 5. The lowest BCUT2D eigenvalue weighted by Crippen LogP contribution is -2.48. The summed E-state index contributed by atoms with van der Waals surface area (Å²) >= 11 is 7.90. The summed E-state index contributed by atoms with van der Waals surface area (Å²) in [5.74, 6) is 1.15. The van der Waals surface area contributed by atoms with Gasteiger partial charge in [-0.1, -0.05) is 22.9 Å². The van der Waals surface area contributed by atoms with Crippen molar-refractivity contribution in [3.63, 3.8) is 0 Å². The first-order chi connectivity index (χ1) is 17.1. The molecule has 35 heavy (non-hydrogen) atoms. The number of thiazole rings is 1. The van der Waals surface area contributed by atoms with Gasteiger partial charge in [-0.3, -0.25) is 14.1 Å². The average molecular weight is 507 g/mol. The number of hydrogen-bond acceptors (Lipinski definition) is 6. The maximum Gasteiger partial charge on any atom is 0.289 e. The first kappa shape index (κ1) is 22.2. The number of imidazole rings is 1. The number of piperazine rings is 1. The molecule has 1 saturated heterocycles. The predicted octanol–water partition coefficient (Wildman–Crippen LogP) is 5.43. The van der Waals surface area contributed by atoms with Gasteiger partial charge in [-0.2, -0.15) is 0 Å². The molecule has 0 atom stereocenters. The summed E-state index contributed by atoms with van der Waals surface area (Å²) in [6, 6.07) is 17.5. The number of methoxy groups -OCH3 is 1. The third-order valence-electron chi connectivity index (χ3n) is 6.43. The van der Waals surface area contributed by atoms with Crippen molar-refractivity contribution in [3.8, 4) is 17.0 Å². The van der Waals surface area contributed by atoms with Gasteiger partial charge in [0, 0.05) is 43.3 Å². The highest BCUT2D eigenvalue weighted by molar-refractivity contribution is 7.23. The lowest BCUT2D eigenvalue weighted by molar-refractivity contribution is 0.0596. The first-order valence-corrected chi connectivity index (χ1v) is 12.6. The zero-order chi connectivity index (χ0) is 23.9. The summed E-state index contributed by atoms with van der Waals surface area (Å²) in [4.78, 5) is 22.9. The molecule has 2 aromatic carbocycles. The molecule has 9 heteroatoms. The molecule has 0 spiro atoms. The van der Waals surface area contributed by atoms with Crippen LogP contribution in [-0.4, -0.2) is 58.4 Å². The number of carbonyl (C=O) groups is 1. The second kappa shape index (κ2) is 9.03. The summed E-state index contributed by atoms with van der Waals surface area (Å²) in [5, 5.41) is 0.719. The zero-order valence-electron chi connectivity index (χ0n) is 19.1. The Bertz CT molecular complexity index is 1500. The van der Waals surface area contributed by atoms with E-state index in [1.54, 1.807) is 30.6 Å². The van der Waals surface area contributed by atoms with E-state index in [4.69, 9.17) is 25.7 Å². The Morgan fingerprint density at radius 2 is 1.91 bits per heavy atom. The van der Waals surface area contributed by atoms with Crippen LogP contribution in [0.4, 0.5) is 0 Å². The lowest BCUT2D eigenvalue weighted by Gasteiger charge is -2.34. The molecule has 5 aromatic rings. The van der Waals surface area contributed by atoms with Crippen molar-refractivity contribution in [3.05, 3.63) is 77.3 Å². The molecule has 1 amide bonds. The maximum absolute atomic E-state index is 12.7. The van der Waals surface area contributed by atoms with Crippen molar-refractivity contribution >= 4 is 44.0 Å². The molecule has 0 N–H and O–H groups in total. The van der Waals surface area contributed by atoms with Crippen molar-refractivity contribution in [1.82, 2.24) is 19.2 Å². The van der Waals surface area contributed by atoms with E-state index < -0.39 is 0 Å². The molecule has 4 heterocycles. The van der Waals surface area contributed by atoms with Gasteiger partial charge in [0.2, 0.25) is 0 Å². The molecule has 0 bridgehead atoms. The van der Waals surface area contributed by atoms with Crippen LogP contribution in [0.2, 0.25) is 5.02 Å². The molecule has 0 saturated carbocycles. The predicted molar refractivity (Wildman–Crippen MR) is 137 cm³/mol. The Morgan fingerprint density at radius 1 is 1.11 bits per heavy atom. The third kappa shape index (κ3) is 4.07. The SMILES string of the molecule is COc1ccc(-c2nc3sc4cc(Cl)ccc4n3c2CN2CCN(C(=O)c3ccco3)CC2)cc1. The number of aromatic nitrogens is 2. The fraction of sp³-hybridized carbons (Fsp3) is 0.231. The van der Waals surface area contributed by atoms with E-state index in [1.165, 1.54) is 6.26 Å². The molecule has 0 aliphatic carbocycles. The van der Waals surface area contributed by atoms with Gasteiger partial charge >= 0.3 is 0 Å². The first-order valence-electron chi connectivity index (χ1n) is 11.4. The number of fused-ring (bicyclic) bond motifs is 3. The minimum Gasteiger partial charge on any atom is -0.497 e. The largest absolute Gasteiger partial charge is 0.497 e. The molecule has 6 rings (SSSR count). The number of ether oxygens (including phenoxy) is 1. The number of furan rings is 1. The lowest BCUT2D eigenvalue weighted by atomic mass is 10.1.